The molecule has 0 atom stereocenters. The molecule has 0 aliphatic carbocycles. The zero-order chi connectivity index (χ0) is 0. The summed E-state index contributed by atoms with van der Waals surface area (Å²) in [6.07, 6.45) is 0. The summed E-state index contributed by atoms with van der Waals surface area (Å²) in [5.74, 6) is 0. The standard InChI is InChI=1S/Ca.Na.O.H4Si.H/h;;;1H4;/q+2;;-2;;. The van der Waals surface area contributed by atoms with Crippen LogP contribution < -0.4 is 0 Å². The van der Waals surface area contributed by atoms with Crippen LogP contribution >= 0.6 is 0 Å². The van der Waals surface area contributed by atoms with Gasteiger partial charge in [0.25, 0.3) is 0 Å². The van der Waals surface area contributed by atoms with Crippen molar-refractivity contribution in [3.8, 4) is 0 Å². The molecule has 0 unspecified atom stereocenters. The summed E-state index contributed by atoms with van der Waals surface area (Å²) in [6, 6.07) is 0. The van der Waals surface area contributed by atoms with Gasteiger partial charge in [0.05, 0.1) is 0 Å². The monoisotopic (exact) mass is 112 g/mol. The van der Waals surface area contributed by atoms with Gasteiger partial charge in [-0.1, -0.05) is 0 Å². The molecule has 0 spiro atoms. The fourth-order valence-electron chi connectivity index (χ4n) is 0. The third-order valence-corrected chi connectivity index (χ3v) is 0. The molecule has 0 fully saturated rings. The molecule has 0 aliphatic heterocycles. The smallest absolute Gasteiger partial charge is 0.0149 e. The Balaban J connectivity index is 0. The van der Waals surface area contributed by atoms with Gasteiger partial charge in [-0.15, -0.1) is 0 Å². The van der Waals surface area contributed by atoms with Crippen LogP contribution in [0.15, 0.2) is 0 Å². The minimum absolute atomic E-state index is 0. The normalized spacial score (nSPS) is 0. The number of hydrogen-bond acceptors (Lipinski definition) is 0. The molecule has 4 heavy (non-hydrogen) atoms. The van der Waals surface area contributed by atoms with Crippen molar-refractivity contribution in [1.82, 2.24) is 0 Å². The van der Waals surface area contributed by atoms with E-state index in [0.717, 1.165) is 0 Å². The van der Waals surface area contributed by atoms with Crippen LogP contribution in [0.1, 0.15) is 0 Å². The maximum Gasteiger partial charge on any atom is -0.0149 e. The van der Waals surface area contributed by atoms with Crippen LogP contribution in [0.3, 0.4) is 0 Å². The van der Waals surface area contributed by atoms with E-state index in [-0.39, 0.29) is 83.7 Å². The van der Waals surface area contributed by atoms with E-state index >= 15 is 0 Å². The maximum atomic E-state index is 0. The van der Waals surface area contributed by atoms with Crippen LogP contribution in [0, 0.1) is 0 Å². The predicted octanol–water partition coefficient (Wildman–Crippen LogP) is -2.60. The summed E-state index contributed by atoms with van der Waals surface area (Å²) in [5.41, 5.74) is 0. The number of hydrogen-bond donors (Lipinski definition) is 0. The molecule has 0 radical (unpaired) electrons. The van der Waals surface area contributed by atoms with E-state index in [1.807, 2.05) is 0 Å². The van der Waals surface area contributed by atoms with Gasteiger partial charge in [0.2, 0.25) is 0 Å². The quantitative estimate of drug-likeness (QED) is 0.307. The van der Waals surface area contributed by atoms with Crippen LogP contribution in [0.2, 0.25) is 0 Å². The van der Waals surface area contributed by atoms with Gasteiger partial charge in [-0.2, -0.15) is 0 Å². The third-order valence-electron chi connectivity index (χ3n) is 0. The second-order valence-corrected chi connectivity index (χ2v) is 0. The van der Waals surface area contributed by atoms with E-state index in [1.54, 1.807) is 0 Å². The van der Waals surface area contributed by atoms with Crippen LogP contribution in [-0.2, 0) is 5.48 Å². The van der Waals surface area contributed by atoms with Crippen molar-refractivity contribution in [2.24, 2.45) is 0 Å². The summed E-state index contributed by atoms with van der Waals surface area (Å²) in [5, 5.41) is 0. The Kier molecular flexibility index (Phi) is 144. The largest absolute Gasteiger partial charge is 2.00 e. The molecule has 0 aliphatic rings. The van der Waals surface area contributed by atoms with Crippen molar-refractivity contribution >= 4 is 78.3 Å². The minimum Gasteiger partial charge on any atom is -2.00 e. The van der Waals surface area contributed by atoms with Gasteiger partial charge in [0.15, 0.2) is 0 Å². The molecule has 0 N–H and O–H groups in total. The topological polar surface area (TPSA) is 28.5 Å². The van der Waals surface area contributed by atoms with E-state index in [2.05, 4.69) is 0 Å². The van der Waals surface area contributed by atoms with Gasteiger partial charge >= 0.3 is 67.3 Å². The molecule has 0 aromatic heterocycles. The van der Waals surface area contributed by atoms with Gasteiger partial charge in [-0.25, -0.2) is 0 Å². The molecule has 0 saturated heterocycles. The summed E-state index contributed by atoms with van der Waals surface area (Å²) in [4.78, 5) is 0. The van der Waals surface area contributed by atoms with Crippen molar-refractivity contribution in [3.63, 3.8) is 0 Å². The molecule has 0 aromatic rings. The van der Waals surface area contributed by atoms with E-state index in [9.17, 15) is 0 Å². The molecule has 0 bridgehead atoms. The molecule has 0 saturated carbocycles. The van der Waals surface area contributed by atoms with Crippen LogP contribution in [0.4, 0.5) is 0 Å². The molecule has 0 rings (SSSR count). The first kappa shape index (κ1) is 32.0. The van der Waals surface area contributed by atoms with Gasteiger partial charge < -0.3 is 5.48 Å². The molecule has 0 amide bonds. The summed E-state index contributed by atoms with van der Waals surface area (Å²) < 4.78 is 0. The zero-order valence-corrected chi connectivity index (χ0v) is 3.32. The van der Waals surface area contributed by atoms with Crippen molar-refractivity contribution in [1.29, 1.82) is 0 Å². The van der Waals surface area contributed by atoms with Crippen LogP contribution in [-0.4, -0.2) is 78.3 Å². The first-order chi connectivity index (χ1) is 0. The van der Waals surface area contributed by atoms with Gasteiger partial charge in [0.1, 0.15) is 0 Å². The first-order valence-electron chi connectivity index (χ1n) is 0. The van der Waals surface area contributed by atoms with Gasteiger partial charge in [-0.3, -0.25) is 0 Å². The Bertz CT molecular complexity index is 8.00. The van der Waals surface area contributed by atoms with Crippen molar-refractivity contribution < 1.29 is 5.48 Å². The molecule has 0 aromatic carbocycles. The molecule has 0 heterocycles. The Labute approximate surface area is 82.2 Å². The summed E-state index contributed by atoms with van der Waals surface area (Å²) in [7, 11) is 0. The molecule has 4 heteroatoms. The van der Waals surface area contributed by atoms with Crippen molar-refractivity contribution in [3.05, 3.63) is 0 Å². The fraction of sp³-hybridized carbons (Fsp3) is 0. The average molecular weight is 112 g/mol. The zero-order valence-electron chi connectivity index (χ0n) is 1.12. The van der Waals surface area contributed by atoms with E-state index in [0.29, 0.717) is 0 Å². The van der Waals surface area contributed by atoms with Gasteiger partial charge in [-0.05, 0) is 11.0 Å². The van der Waals surface area contributed by atoms with E-state index in [4.69, 9.17) is 0 Å². The predicted molar refractivity (Wildman–Crippen MR) is 24.9 cm³/mol. The Hall–Kier alpha value is 2.44. The summed E-state index contributed by atoms with van der Waals surface area (Å²) >= 11 is 0. The Morgan fingerprint density at radius 2 is 1.00 bits per heavy atom. The third kappa shape index (κ3) is 8.83. The van der Waals surface area contributed by atoms with Gasteiger partial charge in [0, 0.05) is 0 Å². The minimum atomic E-state index is 0. The Morgan fingerprint density at radius 1 is 1.00 bits per heavy atom. The Morgan fingerprint density at radius 3 is 1.00 bits per heavy atom. The maximum absolute atomic E-state index is 0. The molecule has 18 valence electrons. The fourth-order valence-corrected chi connectivity index (χ4v) is 0. The molecule has 1 nitrogen and oxygen atoms in total. The second-order valence-electron chi connectivity index (χ2n) is 0. The van der Waals surface area contributed by atoms with Crippen LogP contribution in [0.25, 0.3) is 0 Å². The van der Waals surface area contributed by atoms with E-state index in [1.165, 1.54) is 0 Å². The van der Waals surface area contributed by atoms with E-state index < -0.39 is 0 Å². The van der Waals surface area contributed by atoms with Crippen molar-refractivity contribution in [2.45, 2.75) is 0 Å². The molecular formula is H5CaNaOSi. The summed E-state index contributed by atoms with van der Waals surface area (Å²) in [6.45, 7) is 0. The first-order valence-corrected chi connectivity index (χ1v) is 0. The number of rotatable bonds is 0. The SMILES string of the molecule is [Ca+2].[NaH].[O-2].[SiH4]. The average Bonchev–Trinajstić information content (AvgIpc) is 0. The second kappa shape index (κ2) is 18.0. The van der Waals surface area contributed by atoms with Crippen LogP contribution in [0.5, 0.6) is 0 Å². The van der Waals surface area contributed by atoms with Crippen molar-refractivity contribution in [2.75, 3.05) is 0 Å². The molecular weight excluding hydrogens is 107 g/mol.